The van der Waals surface area contributed by atoms with Crippen LogP contribution in [0, 0.1) is 0 Å². The zero-order chi connectivity index (χ0) is 15.5. The number of carboxylic acids is 1. The standard InChI is InChI=1S/C14H16N2O5/c1-9(17)10-3-2-4-11(7-10)15-13(20)16-14(12(18)19)5-6-21-8-14/h2-4,7H,5-6,8H2,1H3,(H,18,19)(H2,15,16,20). The van der Waals surface area contributed by atoms with Gasteiger partial charge in [0.2, 0.25) is 0 Å². The van der Waals surface area contributed by atoms with E-state index in [1.54, 1.807) is 18.2 Å². The maximum atomic E-state index is 11.9. The van der Waals surface area contributed by atoms with E-state index in [9.17, 15) is 19.5 Å². The van der Waals surface area contributed by atoms with Gasteiger partial charge in [-0.05, 0) is 19.1 Å². The van der Waals surface area contributed by atoms with Crippen molar-refractivity contribution >= 4 is 23.5 Å². The molecule has 1 saturated heterocycles. The van der Waals surface area contributed by atoms with Gasteiger partial charge in [-0.15, -0.1) is 0 Å². The van der Waals surface area contributed by atoms with Crippen molar-refractivity contribution in [2.24, 2.45) is 0 Å². The number of hydrogen-bond acceptors (Lipinski definition) is 4. The minimum atomic E-state index is -1.40. The van der Waals surface area contributed by atoms with Crippen molar-refractivity contribution < 1.29 is 24.2 Å². The number of benzene rings is 1. The first-order valence-electron chi connectivity index (χ1n) is 6.44. The number of carbonyl (C=O) groups excluding carboxylic acids is 2. The Morgan fingerprint density at radius 2 is 2.10 bits per heavy atom. The normalized spacial score (nSPS) is 20.8. The Hall–Kier alpha value is -2.41. The monoisotopic (exact) mass is 292 g/mol. The highest BCUT2D eigenvalue weighted by atomic mass is 16.5. The van der Waals surface area contributed by atoms with Crippen LogP contribution in [0.5, 0.6) is 0 Å². The molecule has 21 heavy (non-hydrogen) atoms. The van der Waals surface area contributed by atoms with Crippen LogP contribution in [-0.4, -0.2) is 41.6 Å². The molecule has 0 saturated carbocycles. The van der Waals surface area contributed by atoms with Crippen molar-refractivity contribution in [3.8, 4) is 0 Å². The summed E-state index contributed by atoms with van der Waals surface area (Å²) in [7, 11) is 0. The van der Waals surface area contributed by atoms with E-state index < -0.39 is 17.5 Å². The second-order valence-corrected chi connectivity index (χ2v) is 4.91. The van der Waals surface area contributed by atoms with Crippen molar-refractivity contribution in [1.82, 2.24) is 5.32 Å². The predicted octanol–water partition coefficient (Wildman–Crippen LogP) is 1.25. The summed E-state index contributed by atoms with van der Waals surface area (Å²) in [5, 5.41) is 14.2. The molecule has 112 valence electrons. The van der Waals surface area contributed by atoms with E-state index >= 15 is 0 Å². The number of aliphatic carboxylic acids is 1. The summed E-state index contributed by atoms with van der Waals surface area (Å²) in [5.41, 5.74) is -0.521. The van der Waals surface area contributed by atoms with Crippen molar-refractivity contribution in [1.29, 1.82) is 0 Å². The molecule has 0 bridgehead atoms. The van der Waals surface area contributed by atoms with E-state index in [4.69, 9.17) is 4.74 Å². The van der Waals surface area contributed by atoms with Gasteiger partial charge < -0.3 is 20.5 Å². The van der Waals surface area contributed by atoms with E-state index in [-0.39, 0.29) is 25.4 Å². The van der Waals surface area contributed by atoms with E-state index in [1.165, 1.54) is 13.0 Å². The highest BCUT2D eigenvalue weighted by Crippen LogP contribution is 2.19. The Balaban J connectivity index is 2.06. The molecule has 7 heteroatoms. The van der Waals surface area contributed by atoms with Crippen LogP contribution in [0.4, 0.5) is 10.5 Å². The lowest BCUT2D eigenvalue weighted by Gasteiger charge is -2.23. The first kappa shape index (κ1) is 15.0. The summed E-state index contributed by atoms with van der Waals surface area (Å²) in [4.78, 5) is 34.5. The third-order valence-electron chi connectivity index (χ3n) is 3.31. The van der Waals surface area contributed by atoms with E-state index in [0.717, 1.165) is 0 Å². The van der Waals surface area contributed by atoms with Crippen LogP contribution in [-0.2, 0) is 9.53 Å². The molecule has 1 unspecified atom stereocenters. The zero-order valence-electron chi connectivity index (χ0n) is 11.5. The molecule has 1 aliphatic rings. The SMILES string of the molecule is CC(=O)c1cccc(NC(=O)NC2(C(=O)O)CCOC2)c1. The van der Waals surface area contributed by atoms with Gasteiger partial charge in [0.1, 0.15) is 0 Å². The molecule has 1 aromatic carbocycles. The molecule has 1 fully saturated rings. The van der Waals surface area contributed by atoms with Gasteiger partial charge in [-0.1, -0.05) is 12.1 Å². The molecular weight excluding hydrogens is 276 g/mol. The average molecular weight is 292 g/mol. The van der Waals surface area contributed by atoms with Crippen LogP contribution in [0.15, 0.2) is 24.3 Å². The quantitative estimate of drug-likeness (QED) is 0.724. The number of Topliss-reactive ketones (excluding diaryl/α,β-unsaturated/α-hetero) is 1. The predicted molar refractivity (Wildman–Crippen MR) is 74.4 cm³/mol. The number of anilines is 1. The third kappa shape index (κ3) is 3.38. The zero-order valence-corrected chi connectivity index (χ0v) is 11.5. The summed E-state index contributed by atoms with van der Waals surface area (Å²) in [6, 6.07) is 5.77. The molecule has 2 rings (SSSR count). The van der Waals surface area contributed by atoms with Gasteiger partial charge in [-0.2, -0.15) is 0 Å². The summed E-state index contributed by atoms with van der Waals surface area (Å²) < 4.78 is 5.06. The second-order valence-electron chi connectivity index (χ2n) is 4.91. The molecule has 1 aromatic rings. The molecule has 3 N–H and O–H groups in total. The molecule has 0 aromatic heterocycles. The summed E-state index contributed by atoms with van der Waals surface area (Å²) in [5.74, 6) is -1.25. The summed E-state index contributed by atoms with van der Waals surface area (Å²) in [6.45, 7) is 1.64. The van der Waals surface area contributed by atoms with E-state index in [0.29, 0.717) is 11.3 Å². The Kier molecular flexibility index (Phi) is 4.23. The maximum absolute atomic E-state index is 11.9. The van der Waals surface area contributed by atoms with Gasteiger partial charge >= 0.3 is 12.0 Å². The second kappa shape index (κ2) is 5.92. The number of amides is 2. The Bertz CT molecular complexity index is 578. The van der Waals surface area contributed by atoms with Gasteiger partial charge in [-0.25, -0.2) is 9.59 Å². The van der Waals surface area contributed by atoms with Crippen LogP contribution in [0.1, 0.15) is 23.7 Å². The van der Waals surface area contributed by atoms with Crippen LogP contribution in [0.25, 0.3) is 0 Å². The molecular formula is C14H16N2O5. The maximum Gasteiger partial charge on any atom is 0.332 e. The average Bonchev–Trinajstić information content (AvgIpc) is 2.88. The number of hydrogen-bond donors (Lipinski definition) is 3. The Morgan fingerprint density at radius 1 is 1.33 bits per heavy atom. The molecule has 1 atom stereocenters. The molecule has 1 heterocycles. The molecule has 0 radical (unpaired) electrons. The lowest BCUT2D eigenvalue weighted by Crippen LogP contribution is -2.56. The largest absolute Gasteiger partial charge is 0.479 e. The highest BCUT2D eigenvalue weighted by Gasteiger charge is 2.44. The highest BCUT2D eigenvalue weighted by molar-refractivity contribution is 5.97. The van der Waals surface area contributed by atoms with Crippen LogP contribution >= 0.6 is 0 Å². The van der Waals surface area contributed by atoms with Crippen LogP contribution in [0.3, 0.4) is 0 Å². The molecule has 1 aliphatic heterocycles. The molecule has 0 aliphatic carbocycles. The number of carbonyl (C=O) groups is 3. The first-order valence-corrected chi connectivity index (χ1v) is 6.44. The molecule has 2 amide bonds. The molecule has 0 spiro atoms. The van der Waals surface area contributed by atoms with Gasteiger partial charge in [0.05, 0.1) is 6.61 Å². The van der Waals surface area contributed by atoms with Gasteiger partial charge in [0.15, 0.2) is 11.3 Å². The van der Waals surface area contributed by atoms with Crippen molar-refractivity contribution in [3.63, 3.8) is 0 Å². The summed E-state index contributed by atoms with van der Waals surface area (Å²) in [6.07, 6.45) is 0.212. The number of nitrogens with one attached hydrogen (secondary N) is 2. The lowest BCUT2D eigenvalue weighted by atomic mass is 9.99. The van der Waals surface area contributed by atoms with Crippen molar-refractivity contribution in [3.05, 3.63) is 29.8 Å². The fourth-order valence-corrected chi connectivity index (χ4v) is 2.08. The third-order valence-corrected chi connectivity index (χ3v) is 3.31. The van der Waals surface area contributed by atoms with Gasteiger partial charge in [0, 0.05) is 24.3 Å². The number of ketones is 1. The summed E-state index contributed by atoms with van der Waals surface area (Å²) >= 11 is 0. The van der Waals surface area contributed by atoms with Crippen LogP contribution in [0.2, 0.25) is 0 Å². The Morgan fingerprint density at radius 3 is 2.67 bits per heavy atom. The minimum Gasteiger partial charge on any atom is -0.479 e. The van der Waals surface area contributed by atoms with E-state index in [2.05, 4.69) is 10.6 Å². The topological polar surface area (TPSA) is 105 Å². The van der Waals surface area contributed by atoms with Gasteiger partial charge in [-0.3, -0.25) is 4.79 Å². The van der Waals surface area contributed by atoms with Crippen molar-refractivity contribution in [2.75, 3.05) is 18.5 Å². The number of rotatable bonds is 4. The molecule has 7 nitrogen and oxygen atoms in total. The van der Waals surface area contributed by atoms with Crippen molar-refractivity contribution in [2.45, 2.75) is 18.9 Å². The van der Waals surface area contributed by atoms with Gasteiger partial charge in [0.25, 0.3) is 0 Å². The minimum absolute atomic E-state index is 0.0662. The number of ether oxygens (including phenoxy) is 1. The fraction of sp³-hybridized carbons (Fsp3) is 0.357. The number of urea groups is 1. The van der Waals surface area contributed by atoms with E-state index in [1.807, 2.05) is 0 Å². The number of carboxylic acid groups (broad SMARTS) is 1. The first-order chi connectivity index (χ1) is 9.93. The lowest BCUT2D eigenvalue weighted by molar-refractivity contribution is -0.144. The fourth-order valence-electron chi connectivity index (χ4n) is 2.08. The smallest absolute Gasteiger partial charge is 0.332 e. The van der Waals surface area contributed by atoms with Crippen LogP contribution < -0.4 is 10.6 Å². The Labute approximate surface area is 121 Å².